The number of hydrogen-bond acceptors (Lipinski definition) is 0. The lowest BCUT2D eigenvalue weighted by Gasteiger charge is -2.13. The zero-order valence-corrected chi connectivity index (χ0v) is 18.6. The van der Waals surface area contributed by atoms with E-state index < -0.39 is 0 Å². The SMILES string of the molecule is Cc1ccc(Br)c(-c2cccc(-c3c(Br)cccc3Br)c2)c1Br. The first-order valence-electron chi connectivity index (χ1n) is 6.98. The van der Waals surface area contributed by atoms with Crippen LogP contribution in [0.15, 0.2) is 72.5 Å². The maximum atomic E-state index is 3.73. The van der Waals surface area contributed by atoms with Crippen LogP contribution in [0.25, 0.3) is 22.3 Å². The van der Waals surface area contributed by atoms with Gasteiger partial charge in [0.05, 0.1) is 0 Å². The lowest BCUT2D eigenvalue weighted by atomic mass is 9.98. The lowest BCUT2D eigenvalue weighted by molar-refractivity contribution is 1.41. The minimum atomic E-state index is 1.08. The van der Waals surface area contributed by atoms with Gasteiger partial charge in [0.25, 0.3) is 0 Å². The van der Waals surface area contributed by atoms with Gasteiger partial charge in [-0.05, 0) is 63.8 Å². The van der Waals surface area contributed by atoms with E-state index in [1.165, 1.54) is 22.3 Å². The van der Waals surface area contributed by atoms with Gasteiger partial charge in [0.15, 0.2) is 0 Å². The van der Waals surface area contributed by atoms with Gasteiger partial charge in [-0.3, -0.25) is 0 Å². The van der Waals surface area contributed by atoms with Gasteiger partial charge in [-0.1, -0.05) is 78.1 Å². The van der Waals surface area contributed by atoms with Crippen molar-refractivity contribution in [2.24, 2.45) is 0 Å². The fourth-order valence-corrected chi connectivity index (χ4v) is 5.38. The Morgan fingerprint density at radius 1 is 0.609 bits per heavy atom. The second-order valence-corrected chi connectivity index (χ2v) is 8.59. The van der Waals surface area contributed by atoms with Crippen LogP contribution in [0.1, 0.15) is 5.56 Å². The Morgan fingerprint density at radius 2 is 1.13 bits per heavy atom. The second-order valence-electron chi connectivity index (χ2n) is 5.23. The maximum absolute atomic E-state index is 3.73. The Hall–Kier alpha value is -0.420. The minimum Gasteiger partial charge on any atom is -0.0610 e. The van der Waals surface area contributed by atoms with Gasteiger partial charge in [0.1, 0.15) is 0 Å². The van der Waals surface area contributed by atoms with Crippen molar-refractivity contribution in [3.63, 3.8) is 0 Å². The first kappa shape index (κ1) is 17.4. The zero-order chi connectivity index (χ0) is 16.6. The van der Waals surface area contributed by atoms with E-state index in [1.54, 1.807) is 0 Å². The highest BCUT2D eigenvalue weighted by Gasteiger charge is 2.13. The molecule has 0 unspecified atom stereocenters. The van der Waals surface area contributed by atoms with Crippen molar-refractivity contribution in [3.8, 4) is 22.3 Å². The zero-order valence-electron chi connectivity index (χ0n) is 12.2. The molecule has 0 saturated carbocycles. The third-order valence-corrected chi connectivity index (χ3v) is 6.69. The van der Waals surface area contributed by atoms with Crippen LogP contribution in [0.5, 0.6) is 0 Å². The summed E-state index contributed by atoms with van der Waals surface area (Å²) in [6, 6.07) is 18.9. The largest absolute Gasteiger partial charge is 0.0610 e. The summed E-state index contributed by atoms with van der Waals surface area (Å²) in [5.41, 5.74) is 5.90. The van der Waals surface area contributed by atoms with Gasteiger partial charge in [-0.2, -0.15) is 0 Å². The Labute approximate surface area is 169 Å². The Kier molecular flexibility index (Phi) is 5.46. The molecule has 0 atom stereocenters. The number of hydrogen-bond donors (Lipinski definition) is 0. The number of benzene rings is 3. The van der Waals surface area contributed by atoms with Crippen molar-refractivity contribution in [1.29, 1.82) is 0 Å². The van der Waals surface area contributed by atoms with Crippen LogP contribution in [0.4, 0.5) is 0 Å². The van der Waals surface area contributed by atoms with Crippen molar-refractivity contribution >= 4 is 63.7 Å². The molecule has 0 heterocycles. The summed E-state index contributed by atoms with van der Waals surface area (Å²) in [4.78, 5) is 0. The molecule has 23 heavy (non-hydrogen) atoms. The van der Waals surface area contributed by atoms with E-state index in [1.807, 2.05) is 6.07 Å². The topological polar surface area (TPSA) is 0 Å². The Morgan fingerprint density at radius 3 is 1.78 bits per heavy atom. The molecule has 116 valence electrons. The maximum Gasteiger partial charge on any atom is 0.0294 e. The molecule has 0 spiro atoms. The highest BCUT2D eigenvalue weighted by atomic mass is 79.9. The van der Waals surface area contributed by atoms with Crippen molar-refractivity contribution in [1.82, 2.24) is 0 Å². The summed E-state index contributed by atoms with van der Waals surface area (Å²) in [6.07, 6.45) is 0. The van der Waals surface area contributed by atoms with Gasteiger partial charge in [-0.15, -0.1) is 0 Å². The smallest absolute Gasteiger partial charge is 0.0294 e. The van der Waals surface area contributed by atoms with Crippen molar-refractivity contribution in [2.45, 2.75) is 6.92 Å². The molecule has 0 aromatic heterocycles. The molecule has 0 amide bonds. The third kappa shape index (κ3) is 3.51. The van der Waals surface area contributed by atoms with Crippen LogP contribution in [0.3, 0.4) is 0 Å². The minimum absolute atomic E-state index is 1.08. The molecular weight excluding hydrogens is 548 g/mol. The van der Waals surface area contributed by atoms with Crippen molar-refractivity contribution in [3.05, 3.63) is 78.1 Å². The molecule has 0 aliphatic carbocycles. The first-order chi connectivity index (χ1) is 11.0. The van der Waals surface area contributed by atoms with Crippen LogP contribution >= 0.6 is 63.7 Å². The van der Waals surface area contributed by atoms with Crippen LogP contribution in [-0.4, -0.2) is 0 Å². The normalized spacial score (nSPS) is 10.8. The number of halogens is 4. The molecule has 4 heteroatoms. The van der Waals surface area contributed by atoms with E-state index in [0.29, 0.717) is 0 Å². The summed E-state index contributed by atoms with van der Waals surface area (Å²) >= 11 is 14.7. The van der Waals surface area contributed by atoms with Crippen LogP contribution in [0, 0.1) is 6.92 Å². The van der Waals surface area contributed by atoms with E-state index in [0.717, 1.165) is 23.5 Å². The standard InChI is InChI=1S/C19H12Br4/c1-11-8-9-16(22)18(19(11)23)13-5-2-4-12(10-13)17-14(20)6-3-7-15(17)21/h2-10H,1H3. The van der Waals surface area contributed by atoms with Gasteiger partial charge < -0.3 is 0 Å². The molecule has 0 N–H and O–H groups in total. The van der Waals surface area contributed by atoms with Crippen molar-refractivity contribution < 1.29 is 0 Å². The molecule has 3 rings (SSSR count). The predicted octanol–water partition coefficient (Wildman–Crippen LogP) is 8.38. The molecule has 0 radical (unpaired) electrons. The fourth-order valence-electron chi connectivity index (χ4n) is 2.53. The molecular formula is C19H12Br4. The summed E-state index contributed by atoms with van der Waals surface area (Å²) in [6.45, 7) is 2.11. The second kappa shape index (κ2) is 7.22. The van der Waals surface area contributed by atoms with E-state index >= 15 is 0 Å². The summed E-state index contributed by atoms with van der Waals surface area (Å²) < 4.78 is 4.35. The highest BCUT2D eigenvalue weighted by molar-refractivity contribution is 9.11. The van der Waals surface area contributed by atoms with Gasteiger partial charge in [0, 0.05) is 29.0 Å². The predicted molar refractivity (Wildman–Crippen MR) is 113 cm³/mol. The van der Waals surface area contributed by atoms with Crippen LogP contribution < -0.4 is 0 Å². The molecule has 0 bridgehead atoms. The van der Waals surface area contributed by atoms with E-state index in [-0.39, 0.29) is 0 Å². The average molecular weight is 560 g/mol. The Balaban J connectivity index is 2.21. The third-order valence-electron chi connectivity index (χ3n) is 3.69. The highest BCUT2D eigenvalue weighted by Crippen LogP contribution is 2.40. The van der Waals surface area contributed by atoms with Gasteiger partial charge >= 0.3 is 0 Å². The fraction of sp³-hybridized carbons (Fsp3) is 0.0526. The lowest BCUT2D eigenvalue weighted by Crippen LogP contribution is -1.88. The summed E-state index contributed by atoms with van der Waals surface area (Å²) in [5, 5.41) is 0. The summed E-state index contributed by atoms with van der Waals surface area (Å²) in [7, 11) is 0. The average Bonchev–Trinajstić information content (AvgIpc) is 2.52. The number of rotatable bonds is 2. The molecule has 3 aromatic carbocycles. The van der Waals surface area contributed by atoms with Gasteiger partial charge in [-0.25, -0.2) is 0 Å². The van der Waals surface area contributed by atoms with Crippen LogP contribution in [0.2, 0.25) is 0 Å². The molecule has 0 aliphatic rings. The van der Waals surface area contributed by atoms with E-state index in [2.05, 4.69) is 119 Å². The van der Waals surface area contributed by atoms with Crippen molar-refractivity contribution in [2.75, 3.05) is 0 Å². The van der Waals surface area contributed by atoms with E-state index in [9.17, 15) is 0 Å². The van der Waals surface area contributed by atoms with Gasteiger partial charge in [0.2, 0.25) is 0 Å². The molecule has 3 aromatic rings. The molecule has 0 nitrogen and oxygen atoms in total. The summed E-state index contributed by atoms with van der Waals surface area (Å²) in [5.74, 6) is 0. The first-order valence-corrected chi connectivity index (χ1v) is 10.2. The number of aryl methyl sites for hydroxylation is 1. The quantitative estimate of drug-likeness (QED) is 0.296. The monoisotopic (exact) mass is 556 g/mol. The van der Waals surface area contributed by atoms with Crippen LogP contribution in [-0.2, 0) is 0 Å². The van der Waals surface area contributed by atoms with E-state index in [4.69, 9.17) is 0 Å². The Bertz CT molecular complexity index is 864. The molecule has 0 fully saturated rings. The molecule has 0 aliphatic heterocycles. The molecule has 0 saturated heterocycles.